The van der Waals surface area contributed by atoms with Gasteiger partial charge >= 0.3 is 0 Å². The maximum Gasteiger partial charge on any atom is 0.0365 e. The lowest BCUT2D eigenvalue weighted by Crippen LogP contribution is -2.60. The minimum atomic E-state index is 0.397. The number of rotatable bonds is 3. The summed E-state index contributed by atoms with van der Waals surface area (Å²) in [6, 6.07) is 0.815. The zero-order valence-electron chi connectivity index (χ0n) is 12.0. The molecular weight excluding hydrogens is 220 g/mol. The molecule has 2 nitrogen and oxygen atoms in total. The van der Waals surface area contributed by atoms with Crippen molar-refractivity contribution in [2.24, 2.45) is 17.6 Å². The SMILES string of the molecule is CCC1CCCCCN1C1(CN)CC2CCC1C2. The van der Waals surface area contributed by atoms with Crippen LogP contribution in [0.5, 0.6) is 0 Å². The summed E-state index contributed by atoms with van der Waals surface area (Å²) in [6.45, 7) is 4.60. The Morgan fingerprint density at radius 3 is 2.67 bits per heavy atom. The Bertz CT molecular complexity index is 291. The highest BCUT2D eigenvalue weighted by atomic mass is 15.2. The lowest BCUT2D eigenvalue weighted by molar-refractivity contribution is 0.00548. The van der Waals surface area contributed by atoms with Crippen molar-refractivity contribution in [1.29, 1.82) is 0 Å². The molecule has 4 unspecified atom stereocenters. The van der Waals surface area contributed by atoms with Crippen LogP contribution in [-0.4, -0.2) is 29.6 Å². The predicted molar refractivity (Wildman–Crippen MR) is 76.5 cm³/mol. The number of nitrogens with zero attached hydrogens (tertiary/aromatic N) is 1. The third kappa shape index (κ3) is 1.92. The van der Waals surface area contributed by atoms with Crippen LogP contribution in [0.3, 0.4) is 0 Å². The van der Waals surface area contributed by atoms with Crippen molar-refractivity contribution in [1.82, 2.24) is 4.90 Å². The third-order valence-electron chi connectivity index (χ3n) is 6.22. The fourth-order valence-electron chi connectivity index (χ4n) is 5.32. The van der Waals surface area contributed by atoms with Crippen LogP contribution in [0.4, 0.5) is 0 Å². The quantitative estimate of drug-likeness (QED) is 0.833. The Balaban J connectivity index is 1.85. The first-order valence-electron chi connectivity index (χ1n) is 8.27. The fraction of sp³-hybridized carbons (Fsp3) is 1.00. The third-order valence-corrected chi connectivity index (χ3v) is 6.22. The molecule has 18 heavy (non-hydrogen) atoms. The van der Waals surface area contributed by atoms with Crippen LogP contribution >= 0.6 is 0 Å². The largest absolute Gasteiger partial charge is 0.329 e. The molecule has 0 aromatic carbocycles. The molecule has 2 aliphatic carbocycles. The normalized spacial score (nSPS) is 45.3. The molecule has 3 fully saturated rings. The number of nitrogens with two attached hydrogens (primary N) is 1. The van der Waals surface area contributed by atoms with E-state index in [0.29, 0.717) is 5.54 Å². The molecule has 2 saturated carbocycles. The summed E-state index contributed by atoms with van der Waals surface area (Å²) in [7, 11) is 0. The second-order valence-electron chi connectivity index (χ2n) is 6.99. The van der Waals surface area contributed by atoms with Gasteiger partial charge < -0.3 is 5.73 Å². The summed E-state index contributed by atoms with van der Waals surface area (Å²) in [4.78, 5) is 2.89. The Labute approximate surface area is 112 Å². The minimum absolute atomic E-state index is 0.397. The van der Waals surface area contributed by atoms with E-state index in [1.807, 2.05) is 0 Å². The average molecular weight is 250 g/mol. The van der Waals surface area contributed by atoms with Crippen LogP contribution < -0.4 is 5.73 Å². The lowest BCUT2D eigenvalue weighted by Gasteiger charge is -2.49. The molecule has 2 N–H and O–H groups in total. The van der Waals surface area contributed by atoms with Crippen LogP contribution in [0.1, 0.15) is 64.7 Å². The summed E-state index contributed by atoms with van der Waals surface area (Å²) >= 11 is 0. The molecular formula is C16H30N2. The Morgan fingerprint density at radius 2 is 2.06 bits per heavy atom. The van der Waals surface area contributed by atoms with Gasteiger partial charge in [-0.1, -0.05) is 26.2 Å². The van der Waals surface area contributed by atoms with E-state index >= 15 is 0 Å². The molecule has 0 aromatic heterocycles. The van der Waals surface area contributed by atoms with E-state index < -0.39 is 0 Å². The Morgan fingerprint density at radius 1 is 1.17 bits per heavy atom. The van der Waals surface area contributed by atoms with E-state index in [0.717, 1.165) is 24.4 Å². The van der Waals surface area contributed by atoms with Crippen molar-refractivity contribution in [2.75, 3.05) is 13.1 Å². The highest BCUT2D eigenvalue weighted by molar-refractivity contribution is 5.09. The van der Waals surface area contributed by atoms with Gasteiger partial charge in [0.15, 0.2) is 0 Å². The van der Waals surface area contributed by atoms with Gasteiger partial charge in [0.2, 0.25) is 0 Å². The van der Waals surface area contributed by atoms with Gasteiger partial charge in [0.25, 0.3) is 0 Å². The topological polar surface area (TPSA) is 29.3 Å². The van der Waals surface area contributed by atoms with Gasteiger partial charge in [0, 0.05) is 18.1 Å². The summed E-state index contributed by atoms with van der Waals surface area (Å²) in [5, 5.41) is 0. The molecule has 1 aliphatic heterocycles. The molecule has 4 atom stereocenters. The van der Waals surface area contributed by atoms with Gasteiger partial charge in [0.1, 0.15) is 0 Å². The molecule has 3 rings (SSSR count). The van der Waals surface area contributed by atoms with Crippen molar-refractivity contribution >= 4 is 0 Å². The number of hydrogen-bond acceptors (Lipinski definition) is 2. The molecule has 0 aromatic rings. The van der Waals surface area contributed by atoms with Crippen LogP contribution in [-0.2, 0) is 0 Å². The van der Waals surface area contributed by atoms with Gasteiger partial charge in [-0.3, -0.25) is 4.90 Å². The molecule has 2 bridgehead atoms. The fourth-order valence-corrected chi connectivity index (χ4v) is 5.32. The van der Waals surface area contributed by atoms with E-state index in [2.05, 4.69) is 11.8 Å². The first-order valence-corrected chi connectivity index (χ1v) is 8.27. The maximum absolute atomic E-state index is 6.31. The van der Waals surface area contributed by atoms with Crippen LogP contribution in [0.25, 0.3) is 0 Å². The van der Waals surface area contributed by atoms with Crippen molar-refractivity contribution in [3.63, 3.8) is 0 Å². The Kier molecular flexibility index (Phi) is 3.68. The highest BCUT2D eigenvalue weighted by Crippen LogP contribution is 2.54. The van der Waals surface area contributed by atoms with Crippen molar-refractivity contribution < 1.29 is 0 Å². The number of fused-ring (bicyclic) bond motifs is 2. The number of likely N-dealkylation sites (tertiary alicyclic amines) is 1. The summed E-state index contributed by atoms with van der Waals surface area (Å²) < 4.78 is 0. The summed E-state index contributed by atoms with van der Waals surface area (Å²) in [6.07, 6.45) is 12.8. The number of hydrogen-bond donors (Lipinski definition) is 1. The van der Waals surface area contributed by atoms with E-state index in [4.69, 9.17) is 5.73 Å². The van der Waals surface area contributed by atoms with Crippen LogP contribution in [0.15, 0.2) is 0 Å². The first kappa shape index (κ1) is 12.9. The average Bonchev–Trinajstić information content (AvgIpc) is 2.92. The van der Waals surface area contributed by atoms with Crippen LogP contribution in [0.2, 0.25) is 0 Å². The van der Waals surface area contributed by atoms with Crippen LogP contribution in [0, 0.1) is 11.8 Å². The molecule has 2 heteroatoms. The Hall–Kier alpha value is -0.0800. The van der Waals surface area contributed by atoms with Crippen molar-refractivity contribution in [3.05, 3.63) is 0 Å². The van der Waals surface area contributed by atoms with Gasteiger partial charge in [-0.15, -0.1) is 0 Å². The molecule has 0 radical (unpaired) electrons. The second kappa shape index (κ2) is 5.13. The van der Waals surface area contributed by atoms with E-state index in [-0.39, 0.29) is 0 Å². The van der Waals surface area contributed by atoms with E-state index in [9.17, 15) is 0 Å². The van der Waals surface area contributed by atoms with Gasteiger partial charge in [0.05, 0.1) is 0 Å². The molecule has 104 valence electrons. The molecule has 1 saturated heterocycles. The lowest BCUT2D eigenvalue weighted by atomic mass is 9.78. The summed E-state index contributed by atoms with van der Waals surface area (Å²) in [5.74, 6) is 1.92. The van der Waals surface area contributed by atoms with E-state index in [1.54, 1.807) is 0 Å². The molecule has 0 amide bonds. The van der Waals surface area contributed by atoms with Gasteiger partial charge in [-0.25, -0.2) is 0 Å². The minimum Gasteiger partial charge on any atom is -0.329 e. The van der Waals surface area contributed by atoms with Gasteiger partial charge in [-0.2, -0.15) is 0 Å². The zero-order chi connectivity index (χ0) is 12.6. The monoisotopic (exact) mass is 250 g/mol. The second-order valence-corrected chi connectivity index (χ2v) is 6.99. The molecule has 1 heterocycles. The van der Waals surface area contributed by atoms with Crippen molar-refractivity contribution in [3.8, 4) is 0 Å². The van der Waals surface area contributed by atoms with Crippen molar-refractivity contribution in [2.45, 2.75) is 76.3 Å². The molecule has 3 aliphatic rings. The first-order chi connectivity index (χ1) is 8.80. The zero-order valence-corrected chi connectivity index (χ0v) is 12.0. The van der Waals surface area contributed by atoms with E-state index in [1.165, 1.54) is 64.3 Å². The summed E-state index contributed by atoms with van der Waals surface area (Å²) in [5.41, 5.74) is 6.71. The van der Waals surface area contributed by atoms with Gasteiger partial charge in [-0.05, 0) is 56.9 Å². The molecule has 0 spiro atoms. The standard InChI is InChI=1S/C16H30N2/c1-2-15-6-4-3-5-9-18(15)16(12-17)11-13-7-8-14(16)10-13/h13-15H,2-12,17H2,1H3. The smallest absolute Gasteiger partial charge is 0.0365 e. The maximum atomic E-state index is 6.31. The predicted octanol–water partition coefficient (Wildman–Crippen LogP) is 3.16. The highest BCUT2D eigenvalue weighted by Gasteiger charge is 2.54.